The zero-order chi connectivity index (χ0) is 14.6. The van der Waals surface area contributed by atoms with E-state index in [0.29, 0.717) is 18.9 Å². The molecule has 0 saturated carbocycles. The SMILES string of the molecule is CC(C)(C)NCc1cc(F)cc(OCc2nccs2)c1. The zero-order valence-corrected chi connectivity index (χ0v) is 12.8. The highest BCUT2D eigenvalue weighted by Gasteiger charge is 2.10. The number of nitrogens with one attached hydrogen (secondary N) is 1. The van der Waals surface area contributed by atoms with Crippen molar-refractivity contribution in [2.45, 2.75) is 39.5 Å². The number of thiazole rings is 1. The summed E-state index contributed by atoms with van der Waals surface area (Å²) < 4.78 is 19.2. The molecule has 3 nitrogen and oxygen atoms in total. The minimum absolute atomic E-state index is 0.00573. The van der Waals surface area contributed by atoms with Crippen molar-refractivity contribution in [3.63, 3.8) is 0 Å². The van der Waals surface area contributed by atoms with Gasteiger partial charge in [0, 0.05) is 29.7 Å². The van der Waals surface area contributed by atoms with E-state index < -0.39 is 0 Å². The van der Waals surface area contributed by atoms with Gasteiger partial charge in [0.1, 0.15) is 23.2 Å². The molecule has 0 spiro atoms. The number of hydrogen-bond acceptors (Lipinski definition) is 4. The molecule has 2 aromatic rings. The number of aromatic nitrogens is 1. The van der Waals surface area contributed by atoms with Gasteiger partial charge in [-0.1, -0.05) is 0 Å². The molecular formula is C15H19FN2OS. The van der Waals surface area contributed by atoms with E-state index in [4.69, 9.17) is 4.74 Å². The van der Waals surface area contributed by atoms with Crippen molar-refractivity contribution in [1.29, 1.82) is 0 Å². The molecule has 0 radical (unpaired) electrons. The molecule has 20 heavy (non-hydrogen) atoms. The van der Waals surface area contributed by atoms with Gasteiger partial charge in [0.2, 0.25) is 0 Å². The van der Waals surface area contributed by atoms with Gasteiger partial charge in [0.15, 0.2) is 0 Å². The predicted octanol–water partition coefficient (Wildman–Crippen LogP) is 3.75. The first kappa shape index (κ1) is 14.9. The van der Waals surface area contributed by atoms with Crippen molar-refractivity contribution >= 4 is 11.3 Å². The number of nitrogens with zero attached hydrogens (tertiary/aromatic N) is 1. The van der Waals surface area contributed by atoms with Crippen molar-refractivity contribution in [1.82, 2.24) is 10.3 Å². The molecule has 1 N–H and O–H groups in total. The Morgan fingerprint density at radius 1 is 1.30 bits per heavy atom. The third-order valence-electron chi connectivity index (χ3n) is 2.60. The first-order valence-electron chi connectivity index (χ1n) is 6.48. The molecular weight excluding hydrogens is 275 g/mol. The second kappa shape index (κ2) is 6.33. The van der Waals surface area contributed by atoms with Crippen LogP contribution in [0, 0.1) is 5.82 Å². The van der Waals surface area contributed by atoms with E-state index in [2.05, 4.69) is 31.1 Å². The van der Waals surface area contributed by atoms with E-state index >= 15 is 0 Å². The summed E-state index contributed by atoms with van der Waals surface area (Å²) in [5.74, 6) is 0.248. The Labute approximate surface area is 122 Å². The van der Waals surface area contributed by atoms with Gasteiger partial charge in [-0.3, -0.25) is 0 Å². The van der Waals surface area contributed by atoms with Crippen molar-refractivity contribution in [2.75, 3.05) is 0 Å². The maximum absolute atomic E-state index is 13.6. The van der Waals surface area contributed by atoms with Gasteiger partial charge in [-0.25, -0.2) is 9.37 Å². The molecule has 1 aromatic carbocycles. The molecule has 5 heteroatoms. The second-order valence-corrected chi connectivity index (χ2v) is 6.59. The average molecular weight is 294 g/mol. The third kappa shape index (κ3) is 4.90. The fourth-order valence-corrected chi connectivity index (χ4v) is 2.17. The molecule has 1 heterocycles. The van der Waals surface area contributed by atoms with E-state index in [1.807, 2.05) is 11.4 Å². The first-order chi connectivity index (χ1) is 9.42. The number of ether oxygens (including phenoxy) is 1. The lowest BCUT2D eigenvalue weighted by molar-refractivity contribution is 0.303. The van der Waals surface area contributed by atoms with Crippen LogP contribution in [0.3, 0.4) is 0 Å². The van der Waals surface area contributed by atoms with Crippen molar-refractivity contribution in [3.8, 4) is 5.75 Å². The Morgan fingerprint density at radius 2 is 2.10 bits per heavy atom. The highest BCUT2D eigenvalue weighted by atomic mass is 32.1. The highest BCUT2D eigenvalue weighted by Crippen LogP contribution is 2.19. The first-order valence-corrected chi connectivity index (χ1v) is 7.36. The Kier molecular flexibility index (Phi) is 4.73. The maximum atomic E-state index is 13.6. The van der Waals surface area contributed by atoms with Gasteiger partial charge in [-0.05, 0) is 38.5 Å². The molecule has 0 bridgehead atoms. The van der Waals surface area contributed by atoms with Crippen LogP contribution in [0.5, 0.6) is 5.75 Å². The quantitative estimate of drug-likeness (QED) is 0.912. The van der Waals surface area contributed by atoms with Crippen molar-refractivity contribution < 1.29 is 9.13 Å². The van der Waals surface area contributed by atoms with E-state index in [1.165, 1.54) is 23.5 Å². The smallest absolute Gasteiger partial charge is 0.140 e. The zero-order valence-electron chi connectivity index (χ0n) is 11.9. The van der Waals surface area contributed by atoms with Crippen molar-refractivity contribution in [3.05, 3.63) is 46.2 Å². The van der Waals surface area contributed by atoms with Crippen LogP contribution in [0.1, 0.15) is 31.3 Å². The van der Waals surface area contributed by atoms with Gasteiger partial charge in [-0.15, -0.1) is 11.3 Å². The van der Waals surface area contributed by atoms with Gasteiger partial charge in [-0.2, -0.15) is 0 Å². The van der Waals surface area contributed by atoms with Gasteiger partial charge in [0.05, 0.1) is 0 Å². The Morgan fingerprint density at radius 3 is 2.75 bits per heavy atom. The normalized spacial score (nSPS) is 11.6. The molecule has 0 aliphatic carbocycles. The van der Waals surface area contributed by atoms with Crippen LogP contribution in [-0.4, -0.2) is 10.5 Å². The van der Waals surface area contributed by atoms with Crippen LogP contribution in [0.4, 0.5) is 4.39 Å². The Balaban J connectivity index is 2.00. The average Bonchev–Trinajstić information content (AvgIpc) is 2.86. The fraction of sp³-hybridized carbons (Fsp3) is 0.400. The molecule has 108 valence electrons. The topological polar surface area (TPSA) is 34.1 Å². The summed E-state index contributed by atoms with van der Waals surface area (Å²) in [7, 11) is 0. The lowest BCUT2D eigenvalue weighted by atomic mass is 10.1. The summed E-state index contributed by atoms with van der Waals surface area (Å²) in [6.07, 6.45) is 1.73. The lowest BCUT2D eigenvalue weighted by Crippen LogP contribution is -2.35. The van der Waals surface area contributed by atoms with E-state index in [1.54, 1.807) is 6.20 Å². The van der Waals surface area contributed by atoms with Crippen LogP contribution in [0.25, 0.3) is 0 Å². The number of rotatable bonds is 5. The minimum atomic E-state index is -0.285. The molecule has 1 aromatic heterocycles. The second-order valence-electron chi connectivity index (χ2n) is 5.61. The largest absolute Gasteiger partial charge is 0.486 e. The molecule has 0 amide bonds. The maximum Gasteiger partial charge on any atom is 0.140 e. The summed E-state index contributed by atoms with van der Waals surface area (Å²) in [5, 5.41) is 6.10. The van der Waals surface area contributed by atoms with Crippen LogP contribution in [0.2, 0.25) is 0 Å². The van der Waals surface area contributed by atoms with Crippen LogP contribution < -0.4 is 10.1 Å². The Hall–Kier alpha value is -1.46. The molecule has 0 atom stereocenters. The van der Waals surface area contributed by atoms with Gasteiger partial charge >= 0.3 is 0 Å². The summed E-state index contributed by atoms with van der Waals surface area (Å²) in [6, 6.07) is 4.78. The fourth-order valence-electron chi connectivity index (χ4n) is 1.64. The molecule has 0 unspecified atom stereocenters. The summed E-state index contributed by atoms with van der Waals surface area (Å²) in [6.45, 7) is 7.20. The minimum Gasteiger partial charge on any atom is -0.486 e. The lowest BCUT2D eigenvalue weighted by Gasteiger charge is -2.20. The molecule has 2 rings (SSSR count). The highest BCUT2D eigenvalue weighted by molar-refractivity contribution is 7.09. The third-order valence-corrected chi connectivity index (χ3v) is 3.35. The molecule has 0 saturated heterocycles. The van der Waals surface area contributed by atoms with E-state index in [-0.39, 0.29) is 11.4 Å². The summed E-state index contributed by atoms with van der Waals surface area (Å²) >= 11 is 1.52. The van der Waals surface area contributed by atoms with Crippen molar-refractivity contribution in [2.24, 2.45) is 0 Å². The Bertz CT molecular complexity index is 549. The number of halogens is 1. The molecule has 0 aliphatic rings. The molecule has 0 fully saturated rings. The monoisotopic (exact) mass is 294 g/mol. The van der Waals surface area contributed by atoms with Crippen LogP contribution in [0.15, 0.2) is 29.8 Å². The standard InChI is InChI=1S/C15H19FN2OS/c1-15(2,3)18-9-11-6-12(16)8-13(7-11)19-10-14-17-4-5-20-14/h4-8,18H,9-10H2,1-3H3. The van der Waals surface area contributed by atoms with E-state index in [9.17, 15) is 4.39 Å². The summed E-state index contributed by atoms with van der Waals surface area (Å²) in [4.78, 5) is 4.13. The van der Waals surface area contributed by atoms with Crippen LogP contribution in [-0.2, 0) is 13.2 Å². The number of hydrogen-bond donors (Lipinski definition) is 1. The predicted molar refractivity (Wildman–Crippen MR) is 79.4 cm³/mol. The summed E-state index contributed by atoms with van der Waals surface area (Å²) in [5.41, 5.74) is 0.864. The number of benzene rings is 1. The van der Waals surface area contributed by atoms with Gasteiger partial charge in [0.25, 0.3) is 0 Å². The van der Waals surface area contributed by atoms with Gasteiger partial charge < -0.3 is 10.1 Å². The van der Waals surface area contributed by atoms with E-state index in [0.717, 1.165) is 10.6 Å². The van der Waals surface area contributed by atoms with Crippen LogP contribution >= 0.6 is 11.3 Å². The molecule has 0 aliphatic heterocycles.